The van der Waals surface area contributed by atoms with Crippen molar-refractivity contribution in [1.29, 1.82) is 0 Å². The van der Waals surface area contributed by atoms with Gasteiger partial charge in [0.05, 0.1) is 10.8 Å². The topological polar surface area (TPSA) is 11.3 Å². The van der Waals surface area contributed by atoms with E-state index in [0.29, 0.717) is 0 Å². The summed E-state index contributed by atoms with van der Waals surface area (Å²) in [6.45, 7) is 17.5. The normalized spacial score (nSPS) is 12.5. The van der Waals surface area contributed by atoms with E-state index >= 15 is 0 Å². The predicted molar refractivity (Wildman–Crippen MR) is 95.4 cm³/mol. The summed E-state index contributed by atoms with van der Waals surface area (Å²) in [5.41, 5.74) is 5.09. The molecule has 0 bridgehead atoms. The van der Waals surface area contributed by atoms with Crippen molar-refractivity contribution in [3.63, 3.8) is 0 Å². The van der Waals surface area contributed by atoms with Crippen LogP contribution in [-0.4, -0.2) is 0 Å². The maximum atomic E-state index is 6.23. The molecule has 0 unspecified atom stereocenters. The van der Waals surface area contributed by atoms with Gasteiger partial charge in [0.2, 0.25) is 0 Å². The van der Waals surface area contributed by atoms with Crippen molar-refractivity contribution in [3.05, 3.63) is 53.0 Å². The molecule has 0 radical (unpaired) electrons. The minimum atomic E-state index is -0.00508. The zero-order chi connectivity index (χ0) is 16.7. The lowest BCUT2D eigenvalue weighted by atomic mass is 9.87. The predicted octanol–water partition coefficient (Wildman–Crippen LogP) is 6.44. The summed E-state index contributed by atoms with van der Waals surface area (Å²) in [4.78, 5) is 0. The van der Waals surface area contributed by atoms with E-state index in [1.165, 1.54) is 22.3 Å². The Labute approximate surface area is 135 Å². The second-order valence-electron chi connectivity index (χ2n) is 8.45. The standard InChI is InChI=1S/C21H29O/c1-14-9-15(2)11-16(10-14)17-12-18(20(3,4)5)22-19(13-17)21(6,7)8/h9-13H,1-8H3/q+1. The zero-order valence-electron chi connectivity index (χ0n) is 15.3. The minimum absolute atomic E-state index is 0.00508. The molecule has 118 valence electrons. The lowest BCUT2D eigenvalue weighted by Crippen LogP contribution is -2.16. The molecule has 0 aliphatic heterocycles. The number of rotatable bonds is 1. The Morgan fingerprint density at radius 1 is 0.591 bits per heavy atom. The molecule has 1 heterocycles. The molecular formula is C21H29O+. The van der Waals surface area contributed by atoms with Gasteiger partial charge in [0.1, 0.15) is 0 Å². The Hall–Kier alpha value is -1.63. The summed E-state index contributed by atoms with van der Waals surface area (Å²) >= 11 is 0. The average molecular weight is 297 g/mol. The summed E-state index contributed by atoms with van der Waals surface area (Å²) in [5.74, 6) is 2.07. The number of hydrogen-bond donors (Lipinski definition) is 0. The third-order valence-corrected chi connectivity index (χ3v) is 3.83. The second kappa shape index (κ2) is 5.53. The van der Waals surface area contributed by atoms with Crippen molar-refractivity contribution in [2.24, 2.45) is 0 Å². The number of hydrogen-bond acceptors (Lipinski definition) is 0. The average Bonchev–Trinajstić information content (AvgIpc) is 2.35. The van der Waals surface area contributed by atoms with Gasteiger partial charge in [-0.2, -0.15) is 0 Å². The third kappa shape index (κ3) is 3.76. The molecule has 2 aromatic rings. The SMILES string of the molecule is Cc1cc(C)cc(-c2cc(C(C)(C)C)[o+]c(C(C)(C)C)c2)c1. The molecular weight excluding hydrogens is 268 g/mol. The van der Waals surface area contributed by atoms with E-state index in [-0.39, 0.29) is 10.8 Å². The van der Waals surface area contributed by atoms with Crippen molar-refractivity contribution in [2.75, 3.05) is 0 Å². The first-order valence-corrected chi connectivity index (χ1v) is 8.04. The van der Waals surface area contributed by atoms with E-state index in [2.05, 4.69) is 85.7 Å². The molecule has 0 N–H and O–H groups in total. The van der Waals surface area contributed by atoms with E-state index in [0.717, 1.165) is 11.5 Å². The summed E-state index contributed by atoms with van der Waals surface area (Å²) in [5, 5.41) is 0. The Morgan fingerprint density at radius 2 is 0.955 bits per heavy atom. The fraction of sp³-hybridized carbons (Fsp3) is 0.476. The monoisotopic (exact) mass is 297 g/mol. The maximum absolute atomic E-state index is 6.23. The highest BCUT2D eigenvalue weighted by molar-refractivity contribution is 5.66. The van der Waals surface area contributed by atoms with E-state index < -0.39 is 0 Å². The van der Waals surface area contributed by atoms with Gasteiger partial charge in [0, 0.05) is 12.1 Å². The second-order valence-corrected chi connectivity index (χ2v) is 8.45. The van der Waals surface area contributed by atoms with Crippen molar-refractivity contribution < 1.29 is 4.42 Å². The van der Waals surface area contributed by atoms with Gasteiger partial charge < -0.3 is 0 Å². The van der Waals surface area contributed by atoms with Gasteiger partial charge >= 0.3 is 11.5 Å². The van der Waals surface area contributed by atoms with E-state index in [9.17, 15) is 0 Å². The van der Waals surface area contributed by atoms with Crippen molar-refractivity contribution in [3.8, 4) is 11.1 Å². The highest BCUT2D eigenvalue weighted by atomic mass is 16.3. The Kier molecular flexibility index (Phi) is 4.21. The first-order valence-electron chi connectivity index (χ1n) is 8.04. The molecule has 22 heavy (non-hydrogen) atoms. The Balaban J connectivity index is 2.70. The quantitative estimate of drug-likeness (QED) is 0.551. The van der Waals surface area contributed by atoms with Gasteiger partial charge in [-0.25, -0.2) is 4.42 Å². The van der Waals surface area contributed by atoms with Crippen LogP contribution in [-0.2, 0) is 10.8 Å². The maximum Gasteiger partial charge on any atom is 0.335 e. The first-order chi connectivity index (χ1) is 9.96. The molecule has 2 rings (SSSR count). The molecule has 1 aromatic carbocycles. The van der Waals surface area contributed by atoms with Crippen molar-refractivity contribution in [1.82, 2.24) is 0 Å². The van der Waals surface area contributed by atoms with Gasteiger partial charge in [0.15, 0.2) is 0 Å². The molecule has 1 heteroatoms. The van der Waals surface area contributed by atoms with Crippen LogP contribution in [0, 0.1) is 13.8 Å². The summed E-state index contributed by atoms with van der Waals surface area (Å²) in [7, 11) is 0. The first kappa shape index (κ1) is 16.7. The number of benzene rings is 1. The molecule has 0 fully saturated rings. The van der Waals surface area contributed by atoms with Crippen LogP contribution >= 0.6 is 0 Å². The molecule has 0 amide bonds. The van der Waals surface area contributed by atoms with Gasteiger partial charge in [-0.3, -0.25) is 0 Å². The fourth-order valence-electron chi connectivity index (χ4n) is 2.55. The highest BCUT2D eigenvalue weighted by Crippen LogP contribution is 2.34. The van der Waals surface area contributed by atoms with Crippen LogP contribution in [0.1, 0.15) is 64.2 Å². The van der Waals surface area contributed by atoms with E-state index in [1.807, 2.05) is 0 Å². The molecule has 0 atom stereocenters. The summed E-state index contributed by atoms with van der Waals surface area (Å²) in [6.07, 6.45) is 0. The lowest BCUT2D eigenvalue weighted by Gasteiger charge is -2.15. The molecule has 0 aliphatic rings. The zero-order valence-corrected chi connectivity index (χ0v) is 15.3. The molecule has 0 saturated carbocycles. The van der Waals surface area contributed by atoms with E-state index in [1.54, 1.807) is 0 Å². The van der Waals surface area contributed by atoms with Gasteiger partial charge in [-0.1, -0.05) is 29.3 Å². The summed E-state index contributed by atoms with van der Waals surface area (Å²) < 4.78 is 6.23. The highest BCUT2D eigenvalue weighted by Gasteiger charge is 2.33. The van der Waals surface area contributed by atoms with Crippen LogP contribution < -0.4 is 0 Å². The van der Waals surface area contributed by atoms with Gasteiger partial charge in [-0.05, 0) is 66.5 Å². The fourth-order valence-corrected chi connectivity index (χ4v) is 2.55. The molecule has 0 saturated heterocycles. The number of aryl methyl sites for hydroxylation is 2. The third-order valence-electron chi connectivity index (χ3n) is 3.83. The van der Waals surface area contributed by atoms with Crippen LogP contribution in [0.15, 0.2) is 34.7 Å². The largest absolute Gasteiger partial charge is 0.335 e. The van der Waals surface area contributed by atoms with Gasteiger partial charge in [0.25, 0.3) is 0 Å². The van der Waals surface area contributed by atoms with Crippen molar-refractivity contribution in [2.45, 2.75) is 66.2 Å². The van der Waals surface area contributed by atoms with Gasteiger partial charge in [-0.15, -0.1) is 0 Å². The molecule has 0 spiro atoms. The van der Waals surface area contributed by atoms with Crippen LogP contribution in [0.25, 0.3) is 11.1 Å². The molecule has 1 nitrogen and oxygen atoms in total. The Morgan fingerprint density at radius 3 is 1.32 bits per heavy atom. The minimum Gasteiger partial charge on any atom is -0.217 e. The molecule has 1 aromatic heterocycles. The Bertz CT molecular complexity index is 630. The van der Waals surface area contributed by atoms with Crippen molar-refractivity contribution >= 4 is 0 Å². The smallest absolute Gasteiger partial charge is 0.217 e. The van der Waals surface area contributed by atoms with Crippen LogP contribution in [0.4, 0.5) is 0 Å². The van der Waals surface area contributed by atoms with Crippen LogP contribution in [0.2, 0.25) is 0 Å². The van der Waals surface area contributed by atoms with Crippen LogP contribution in [0.3, 0.4) is 0 Å². The lowest BCUT2D eigenvalue weighted by molar-refractivity contribution is 0.329. The summed E-state index contributed by atoms with van der Waals surface area (Å²) in [6, 6.07) is 11.1. The van der Waals surface area contributed by atoms with Crippen LogP contribution in [0.5, 0.6) is 0 Å². The van der Waals surface area contributed by atoms with E-state index in [4.69, 9.17) is 4.42 Å². The molecule has 0 aliphatic carbocycles.